The minimum absolute atomic E-state index is 0.273. The molecule has 0 aliphatic carbocycles. The maximum atomic E-state index is 5.76. The van der Waals surface area contributed by atoms with Crippen LogP contribution in [0.2, 0.25) is 0 Å². The highest BCUT2D eigenvalue weighted by atomic mass is 15.2. The lowest BCUT2D eigenvalue weighted by Gasteiger charge is -2.35. The summed E-state index contributed by atoms with van der Waals surface area (Å²) >= 11 is 0. The average molecular weight is 261 g/mol. The van der Waals surface area contributed by atoms with Crippen molar-refractivity contribution in [3.63, 3.8) is 0 Å². The molecular formula is C12H19N7. The summed E-state index contributed by atoms with van der Waals surface area (Å²) in [5.74, 6) is 1.11. The SMILES string of the molecule is CN1CCC(N(C)c2nc(N)nc3nc[nH]c23)CC1. The van der Waals surface area contributed by atoms with Crippen LogP contribution in [-0.2, 0) is 0 Å². The highest BCUT2D eigenvalue weighted by Crippen LogP contribution is 2.25. The zero-order chi connectivity index (χ0) is 13.4. The second kappa shape index (κ2) is 4.65. The molecule has 0 amide bonds. The van der Waals surface area contributed by atoms with Crippen LogP contribution in [0.1, 0.15) is 12.8 Å². The summed E-state index contributed by atoms with van der Waals surface area (Å²) in [6.07, 6.45) is 3.89. The predicted molar refractivity (Wildman–Crippen MR) is 75.0 cm³/mol. The van der Waals surface area contributed by atoms with Crippen LogP contribution in [0.15, 0.2) is 6.33 Å². The van der Waals surface area contributed by atoms with Gasteiger partial charge in [0.05, 0.1) is 6.33 Å². The average Bonchev–Trinajstić information content (AvgIpc) is 2.85. The van der Waals surface area contributed by atoms with Gasteiger partial charge in [0.15, 0.2) is 11.5 Å². The molecule has 0 bridgehead atoms. The Morgan fingerprint density at radius 2 is 2.11 bits per heavy atom. The van der Waals surface area contributed by atoms with Gasteiger partial charge < -0.3 is 20.5 Å². The summed E-state index contributed by atoms with van der Waals surface area (Å²) in [6.45, 7) is 2.23. The fourth-order valence-corrected chi connectivity index (χ4v) is 2.64. The van der Waals surface area contributed by atoms with E-state index in [-0.39, 0.29) is 5.95 Å². The fraction of sp³-hybridized carbons (Fsp3) is 0.583. The molecule has 1 fully saturated rings. The first-order valence-electron chi connectivity index (χ1n) is 6.53. The number of anilines is 2. The number of imidazole rings is 1. The third-order valence-corrected chi connectivity index (χ3v) is 3.85. The molecule has 0 radical (unpaired) electrons. The Hall–Kier alpha value is -1.89. The maximum absolute atomic E-state index is 5.76. The number of H-pyrrole nitrogens is 1. The summed E-state index contributed by atoms with van der Waals surface area (Å²) in [5, 5.41) is 0. The second-order valence-electron chi connectivity index (χ2n) is 5.15. The van der Waals surface area contributed by atoms with Crippen molar-refractivity contribution in [2.45, 2.75) is 18.9 Å². The smallest absolute Gasteiger partial charge is 0.224 e. The van der Waals surface area contributed by atoms with E-state index in [0.29, 0.717) is 11.7 Å². The molecule has 102 valence electrons. The standard InChI is InChI=1S/C12H19N7/c1-18-5-3-8(4-6-18)19(2)11-9-10(15-7-14-9)16-12(13)17-11/h7-8H,3-6H2,1-2H3,(H3,13,14,15,16,17). The summed E-state index contributed by atoms with van der Waals surface area (Å²) in [6, 6.07) is 0.483. The van der Waals surface area contributed by atoms with Gasteiger partial charge in [-0.15, -0.1) is 0 Å². The van der Waals surface area contributed by atoms with Crippen molar-refractivity contribution < 1.29 is 0 Å². The van der Waals surface area contributed by atoms with Crippen molar-refractivity contribution in [1.82, 2.24) is 24.8 Å². The molecule has 0 aromatic carbocycles. The third kappa shape index (κ3) is 2.21. The lowest BCUT2D eigenvalue weighted by atomic mass is 10.0. The largest absolute Gasteiger partial charge is 0.368 e. The Morgan fingerprint density at radius 1 is 1.37 bits per heavy atom. The Labute approximate surface area is 111 Å². The quantitative estimate of drug-likeness (QED) is 0.817. The van der Waals surface area contributed by atoms with Crippen molar-refractivity contribution in [3.05, 3.63) is 6.33 Å². The van der Waals surface area contributed by atoms with Crippen LogP contribution in [0.3, 0.4) is 0 Å². The molecule has 7 heteroatoms. The summed E-state index contributed by atoms with van der Waals surface area (Å²) in [5.41, 5.74) is 7.25. The van der Waals surface area contributed by atoms with Crippen molar-refractivity contribution in [1.29, 1.82) is 0 Å². The zero-order valence-corrected chi connectivity index (χ0v) is 11.3. The molecule has 1 saturated heterocycles. The minimum atomic E-state index is 0.273. The molecule has 0 saturated carbocycles. The number of nitrogens with one attached hydrogen (secondary N) is 1. The van der Waals surface area contributed by atoms with E-state index in [0.717, 1.165) is 37.3 Å². The number of fused-ring (bicyclic) bond motifs is 1. The number of aromatic amines is 1. The second-order valence-corrected chi connectivity index (χ2v) is 5.15. The molecule has 7 nitrogen and oxygen atoms in total. The van der Waals surface area contributed by atoms with Gasteiger partial charge in [-0.1, -0.05) is 0 Å². The molecule has 1 aliphatic rings. The monoisotopic (exact) mass is 261 g/mol. The van der Waals surface area contributed by atoms with Crippen LogP contribution in [0.4, 0.5) is 11.8 Å². The van der Waals surface area contributed by atoms with Crippen LogP contribution >= 0.6 is 0 Å². The van der Waals surface area contributed by atoms with Crippen LogP contribution in [0, 0.1) is 0 Å². The third-order valence-electron chi connectivity index (χ3n) is 3.85. The van der Waals surface area contributed by atoms with E-state index in [9.17, 15) is 0 Å². The predicted octanol–water partition coefficient (Wildman–Crippen LogP) is 0.465. The van der Waals surface area contributed by atoms with Gasteiger partial charge in [0.1, 0.15) is 5.52 Å². The zero-order valence-electron chi connectivity index (χ0n) is 11.3. The maximum Gasteiger partial charge on any atom is 0.224 e. The van der Waals surface area contributed by atoms with Gasteiger partial charge in [0, 0.05) is 13.1 Å². The van der Waals surface area contributed by atoms with Crippen LogP contribution < -0.4 is 10.6 Å². The van der Waals surface area contributed by atoms with Crippen LogP contribution in [-0.4, -0.2) is 58.1 Å². The Bertz CT molecular complexity index is 570. The number of hydrogen-bond acceptors (Lipinski definition) is 6. The number of piperidine rings is 1. The van der Waals surface area contributed by atoms with Crippen LogP contribution in [0.25, 0.3) is 11.2 Å². The lowest BCUT2D eigenvalue weighted by molar-refractivity contribution is 0.252. The molecule has 2 aromatic rings. The Balaban J connectivity index is 1.92. The van der Waals surface area contributed by atoms with E-state index in [2.05, 4.69) is 43.8 Å². The molecule has 3 heterocycles. The molecule has 0 unspecified atom stereocenters. The van der Waals surface area contributed by atoms with Crippen molar-refractivity contribution in [3.8, 4) is 0 Å². The van der Waals surface area contributed by atoms with E-state index >= 15 is 0 Å². The van der Waals surface area contributed by atoms with E-state index < -0.39 is 0 Å². The first-order chi connectivity index (χ1) is 9.15. The number of nitrogens with zero attached hydrogens (tertiary/aromatic N) is 5. The highest BCUT2D eigenvalue weighted by molar-refractivity contribution is 5.84. The molecule has 3 rings (SSSR count). The summed E-state index contributed by atoms with van der Waals surface area (Å²) in [4.78, 5) is 20.3. The Morgan fingerprint density at radius 3 is 2.84 bits per heavy atom. The normalized spacial score (nSPS) is 18.0. The number of likely N-dealkylation sites (tertiary alicyclic amines) is 1. The molecule has 3 N–H and O–H groups in total. The summed E-state index contributed by atoms with van der Waals surface area (Å²) in [7, 11) is 4.23. The summed E-state index contributed by atoms with van der Waals surface area (Å²) < 4.78 is 0. The fourth-order valence-electron chi connectivity index (χ4n) is 2.64. The Kier molecular flexibility index (Phi) is 2.98. The lowest BCUT2D eigenvalue weighted by Crippen LogP contribution is -2.42. The van der Waals surface area contributed by atoms with Gasteiger partial charge in [-0.05, 0) is 33.0 Å². The molecule has 1 aliphatic heterocycles. The minimum Gasteiger partial charge on any atom is -0.368 e. The molecular weight excluding hydrogens is 242 g/mol. The van der Waals surface area contributed by atoms with E-state index in [4.69, 9.17) is 5.73 Å². The van der Waals surface area contributed by atoms with Crippen molar-refractivity contribution in [2.24, 2.45) is 0 Å². The molecule has 0 atom stereocenters. The highest BCUT2D eigenvalue weighted by Gasteiger charge is 2.23. The number of aromatic nitrogens is 4. The van der Waals surface area contributed by atoms with Gasteiger partial charge >= 0.3 is 0 Å². The number of hydrogen-bond donors (Lipinski definition) is 2. The van der Waals surface area contributed by atoms with Gasteiger partial charge in [-0.2, -0.15) is 9.97 Å². The van der Waals surface area contributed by atoms with Gasteiger partial charge in [-0.25, -0.2) is 4.98 Å². The van der Waals surface area contributed by atoms with E-state index in [1.54, 1.807) is 6.33 Å². The van der Waals surface area contributed by atoms with Gasteiger partial charge in [0.25, 0.3) is 0 Å². The van der Waals surface area contributed by atoms with Crippen LogP contribution in [0.5, 0.6) is 0 Å². The van der Waals surface area contributed by atoms with Gasteiger partial charge in [-0.3, -0.25) is 0 Å². The van der Waals surface area contributed by atoms with Crippen molar-refractivity contribution >= 4 is 22.9 Å². The van der Waals surface area contributed by atoms with E-state index in [1.165, 1.54) is 0 Å². The van der Waals surface area contributed by atoms with E-state index in [1.807, 2.05) is 0 Å². The first-order valence-corrected chi connectivity index (χ1v) is 6.53. The number of rotatable bonds is 2. The topological polar surface area (TPSA) is 87.0 Å². The molecule has 19 heavy (non-hydrogen) atoms. The number of nitrogen functional groups attached to an aromatic ring is 1. The first kappa shape index (κ1) is 12.2. The molecule has 0 spiro atoms. The molecule has 2 aromatic heterocycles. The van der Waals surface area contributed by atoms with Crippen molar-refractivity contribution in [2.75, 3.05) is 37.8 Å². The number of nitrogens with two attached hydrogens (primary N) is 1. The van der Waals surface area contributed by atoms with Gasteiger partial charge in [0.2, 0.25) is 5.95 Å².